The molecule has 0 atom stereocenters. The standard InChI is InChI=1S/C17H14BrN5.2C2HF3O2/c18-16-11(8-10-4-2-1-3-5-10)9-13(21-16)14-15-12(6-7-20-14)22-17(19)23-15;2*3-2(4,5)1(6)7/h1-7,9,21H,8H2,(H3,19,22,23);2*(H,6,7). The lowest BCUT2D eigenvalue weighted by Crippen LogP contribution is -2.21. The van der Waals surface area contributed by atoms with Gasteiger partial charge in [0.2, 0.25) is 0 Å². The van der Waals surface area contributed by atoms with Gasteiger partial charge in [-0.1, -0.05) is 30.3 Å². The largest absolute Gasteiger partial charge is 0.490 e. The molecular formula is C21H16BrF6N5O4. The predicted molar refractivity (Wildman–Crippen MR) is 122 cm³/mol. The van der Waals surface area contributed by atoms with Crippen LogP contribution < -0.4 is 5.73 Å². The maximum atomic E-state index is 10.6. The Kier molecular flexibility index (Phi) is 9.27. The normalized spacial score (nSPS) is 11.2. The number of hydrogen-bond donors (Lipinski definition) is 5. The van der Waals surface area contributed by atoms with Crippen LogP contribution in [0.3, 0.4) is 0 Å². The van der Waals surface area contributed by atoms with Gasteiger partial charge in [-0.05, 0) is 39.2 Å². The maximum absolute atomic E-state index is 10.6. The number of carboxylic acids is 2. The minimum absolute atomic E-state index is 0.393. The lowest BCUT2D eigenvalue weighted by Gasteiger charge is -1.99. The van der Waals surface area contributed by atoms with Crippen LogP contribution in [0.15, 0.2) is 53.3 Å². The molecular weight excluding hydrogens is 580 g/mol. The molecule has 0 aliphatic rings. The Morgan fingerprint density at radius 3 is 2.00 bits per heavy atom. The van der Waals surface area contributed by atoms with E-state index in [1.165, 1.54) is 11.1 Å². The molecule has 0 aliphatic heterocycles. The van der Waals surface area contributed by atoms with E-state index >= 15 is 0 Å². The number of hydrogen-bond acceptors (Lipinski definition) is 5. The van der Waals surface area contributed by atoms with Crippen molar-refractivity contribution in [2.45, 2.75) is 18.8 Å². The summed E-state index contributed by atoms with van der Waals surface area (Å²) in [6.45, 7) is 0. The van der Waals surface area contributed by atoms with Gasteiger partial charge in [0.15, 0.2) is 5.95 Å². The Morgan fingerprint density at radius 1 is 0.946 bits per heavy atom. The first kappa shape index (κ1) is 29.2. The molecule has 3 heterocycles. The summed E-state index contributed by atoms with van der Waals surface area (Å²) >= 11 is 3.60. The fourth-order valence-electron chi connectivity index (χ4n) is 2.70. The summed E-state index contributed by atoms with van der Waals surface area (Å²) in [4.78, 5) is 33.0. The van der Waals surface area contributed by atoms with E-state index in [1.807, 2.05) is 24.3 Å². The van der Waals surface area contributed by atoms with Crippen molar-refractivity contribution in [1.29, 1.82) is 0 Å². The Balaban J connectivity index is 0.000000286. The lowest BCUT2D eigenvalue weighted by molar-refractivity contribution is -0.193. The molecule has 16 heteroatoms. The Bertz CT molecular complexity index is 1350. The van der Waals surface area contributed by atoms with E-state index in [0.29, 0.717) is 5.95 Å². The Morgan fingerprint density at radius 2 is 1.49 bits per heavy atom. The van der Waals surface area contributed by atoms with Crippen molar-refractivity contribution in [2.24, 2.45) is 0 Å². The molecule has 0 saturated carbocycles. The quantitative estimate of drug-likeness (QED) is 0.205. The van der Waals surface area contributed by atoms with Gasteiger partial charge in [-0.3, -0.25) is 4.98 Å². The minimum Gasteiger partial charge on any atom is -0.475 e. The van der Waals surface area contributed by atoms with Crippen LogP contribution in [0.25, 0.3) is 22.4 Å². The highest BCUT2D eigenvalue weighted by Gasteiger charge is 2.38. The number of rotatable bonds is 3. The predicted octanol–water partition coefficient (Wildman–Crippen LogP) is 5.16. The number of benzene rings is 1. The number of aromatic amines is 2. The number of aromatic nitrogens is 4. The van der Waals surface area contributed by atoms with Gasteiger partial charge in [0.1, 0.15) is 11.2 Å². The molecule has 3 aromatic heterocycles. The molecule has 9 nitrogen and oxygen atoms in total. The van der Waals surface area contributed by atoms with Gasteiger partial charge < -0.3 is 25.9 Å². The second-order valence-electron chi connectivity index (χ2n) is 6.97. The summed E-state index contributed by atoms with van der Waals surface area (Å²) in [7, 11) is 0. The van der Waals surface area contributed by atoms with Crippen LogP contribution in [0.5, 0.6) is 0 Å². The van der Waals surface area contributed by atoms with Crippen molar-refractivity contribution in [1.82, 2.24) is 19.9 Å². The number of alkyl halides is 6. The number of nitrogens with one attached hydrogen (secondary N) is 2. The average Bonchev–Trinajstić information content (AvgIpc) is 3.35. The highest BCUT2D eigenvalue weighted by Crippen LogP contribution is 2.30. The van der Waals surface area contributed by atoms with Crippen LogP contribution >= 0.6 is 15.9 Å². The first-order valence-corrected chi connectivity index (χ1v) is 10.5. The SMILES string of the molecule is Nc1nc2c(-c3cc(Cc4ccccc4)c(Br)[nH]3)nccc2[nH]1.O=C(O)C(F)(F)F.O=C(O)C(F)(F)F. The average molecular weight is 596 g/mol. The zero-order chi connectivity index (χ0) is 28.0. The molecule has 198 valence electrons. The monoisotopic (exact) mass is 595 g/mol. The summed E-state index contributed by atoms with van der Waals surface area (Å²) in [5, 5.41) is 14.2. The van der Waals surface area contributed by atoms with E-state index < -0.39 is 24.3 Å². The zero-order valence-corrected chi connectivity index (χ0v) is 19.7. The molecule has 1 aromatic carbocycles. The van der Waals surface area contributed by atoms with E-state index in [1.54, 1.807) is 6.20 Å². The number of nitrogens with two attached hydrogens (primary N) is 1. The van der Waals surface area contributed by atoms with E-state index in [9.17, 15) is 26.3 Å². The number of nitrogens with zero attached hydrogens (tertiary/aromatic N) is 2. The van der Waals surface area contributed by atoms with Gasteiger partial charge in [0.25, 0.3) is 0 Å². The molecule has 37 heavy (non-hydrogen) atoms. The molecule has 0 radical (unpaired) electrons. The van der Waals surface area contributed by atoms with Gasteiger partial charge in [0, 0.05) is 12.6 Å². The first-order chi connectivity index (χ1) is 17.1. The number of halogens is 7. The molecule has 0 aliphatic carbocycles. The van der Waals surface area contributed by atoms with E-state index in [0.717, 1.165) is 33.4 Å². The first-order valence-electron chi connectivity index (χ1n) is 9.71. The topological polar surface area (TPSA) is 158 Å². The number of anilines is 1. The van der Waals surface area contributed by atoms with Gasteiger partial charge >= 0.3 is 24.3 Å². The third-order valence-corrected chi connectivity index (χ3v) is 4.95. The van der Waals surface area contributed by atoms with Crippen molar-refractivity contribution in [3.63, 3.8) is 0 Å². The Labute approximate surface area is 211 Å². The van der Waals surface area contributed by atoms with Crippen molar-refractivity contribution in [3.8, 4) is 11.4 Å². The molecule has 0 spiro atoms. The van der Waals surface area contributed by atoms with Crippen molar-refractivity contribution in [3.05, 3.63) is 64.4 Å². The molecule has 0 bridgehead atoms. The molecule has 0 saturated heterocycles. The van der Waals surface area contributed by atoms with E-state index in [4.69, 9.17) is 25.5 Å². The van der Waals surface area contributed by atoms with Gasteiger partial charge in [-0.15, -0.1) is 0 Å². The van der Waals surface area contributed by atoms with Crippen LogP contribution in [-0.4, -0.2) is 54.4 Å². The summed E-state index contributed by atoms with van der Waals surface area (Å²) in [5.74, 6) is -5.12. The summed E-state index contributed by atoms with van der Waals surface area (Å²) in [6.07, 6.45) is -7.57. The fraction of sp³-hybridized carbons (Fsp3) is 0.143. The van der Waals surface area contributed by atoms with Crippen molar-refractivity contribution in [2.75, 3.05) is 5.73 Å². The van der Waals surface area contributed by atoms with E-state index in [2.05, 4.69) is 54.1 Å². The minimum atomic E-state index is -5.08. The maximum Gasteiger partial charge on any atom is 0.490 e. The Hall–Kier alpha value is -4.08. The molecule has 0 amide bonds. The molecule has 4 aromatic rings. The molecule has 4 rings (SSSR count). The third-order valence-electron chi connectivity index (χ3n) is 4.24. The number of H-pyrrole nitrogens is 2. The third kappa shape index (κ3) is 8.52. The van der Waals surface area contributed by atoms with E-state index in [-0.39, 0.29) is 0 Å². The van der Waals surface area contributed by atoms with Crippen molar-refractivity contribution < 1.29 is 46.1 Å². The van der Waals surface area contributed by atoms with Crippen LogP contribution in [0.1, 0.15) is 11.1 Å². The van der Waals surface area contributed by atoms with Gasteiger partial charge in [-0.25, -0.2) is 14.6 Å². The second-order valence-corrected chi connectivity index (χ2v) is 7.76. The number of imidazole rings is 1. The molecule has 6 N–H and O–H groups in total. The van der Waals surface area contributed by atoms with Crippen molar-refractivity contribution >= 4 is 44.9 Å². The summed E-state index contributed by atoms with van der Waals surface area (Å²) < 4.78 is 64.4. The number of fused-ring (bicyclic) bond motifs is 1. The summed E-state index contributed by atoms with van der Waals surface area (Å²) in [5.41, 5.74) is 11.5. The number of carboxylic acid groups (broad SMARTS) is 2. The van der Waals surface area contributed by atoms with Crippen LogP contribution in [0.4, 0.5) is 32.3 Å². The second kappa shape index (κ2) is 11.8. The van der Waals surface area contributed by atoms with Crippen LogP contribution in [-0.2, 0) is 16.0 Å². The fourth-order valence-corrected chi connectivity index (χ4v) is 3.16. The number of pyridine rings is 1. The highest BCUT2D eigenvalue weighted by atomic mass is 79.9. The molecule has 0 fully saturated rings. The summed E-state index contributed by atoms with van der Waals surface area (Å²) in [6, 6.07) is 14.3. The lowest BCUT2D eigenvalue weighted by atomic mass is 10.1. The van der Waals surface area contributed by atoms with Crippen LogP contribution in [0.2, 0.25) is 0 Å². The number of carbonyl (C=O) groups is 2. The zero-order valence-electron chi connectivity index (χ0n) is 18.2. The molecule has 0 unspecified atom stereocenters. The number of aliphatic carboxylic acids is 2. The van der Waals surface area contributed by atoms with Gasteiger partial charge in [0.05, 0.1) is 15.8 Å². The van der Waals surface area contributed by atoms with Gasteiger partial charge in [-0.2, -0.15) is 26.3 Å². The highest BCUT2D eigenvalue weighted by molar-refractivity contribution is 9.10. The number of nitrogen functional groups attached to an aromatic ring is 1. The van der Waals surface area contributed by atoms with Crippen LogP contribution in [0, 0.1) is 0 Å². The smallest absolute Gasteiger partial charge is 0.475 e.